The molecule has 16 heavy (non-hydrogen) atoms. The number of benzene rings is 1. The van der Waals surface area contributed by atoms with Gasteiger partial charge in [0.15, 0.2) is 0 Å². The molecular weight excluding hydrogens is 206 g/mol. The summed E-state index contributed by atoms with van der Waals surface area (Å²) in [6.45, 7) is 3.79. The number of rotatable bonds is 3. The summed E-state index contributed by atoms with van der Waals surface area (Å²) in [6.07, 6.45) is 0.625. The summed E-state index contributed by atoms with van der Waals surface area (Å²) in [4.78, 5) is 11.4. The number of esters is 1. The summed E-state index contributed by atoms with van der Waals surface area (Å²) in [5, 5.41) is 18.5. The third-order valence-electron chi connectivity index (χ3n) is 2.22. The van der Waals surface area contributed by atoms with Crippen LogP contribution in [0.25, 0.3) is 0 Å². The number of ether oxygens (including phenoxy) is 1. The fourth-order valence-electron chi connectivity index (χ4n) is 1.40. The summed E-state index contributed by atoms with van der Waals surface area (Å²) in [5.41, 5.74) is 1.15. The zero-order chi connectivity index (χ0) is 12.1. The maximum Gasteiger partial charge on any atom is 0.341 e. The molecule has 0 aromatic heterocycles. The normalized spacial score (nSPS) is 9.56. The second kappa shape index (κ2) is 5.17. The molecule has 0 saturated heterocycles. The van der Waals surface area contributed by atoms with Crippen molar-refractivity contribution in [3.63, 3.8) is 0 Å². The van der Waals surface area contributed by atoms with Gasteiger partial charge in [-0.25, -0.2) is 4.79 Å². The van der Waals surface area contributed by atoms with Crippen LogP contribution in [0.3, 0.4) is 0 Å². The quantitative estimate of drug-likeness (QED) is 0.789. The van der Waals surface area contributed by atoms with Gasteiger partial charge in [0, 0.05) is 0 Å². The van der Waals surface area contributed by atoms with Gasteiger partial charge in [-0.3, -0.25) is 0 Å². The number of aromatic hydroxyl groups is 1. The van der Waals surface area contributed by atoms with Crippen LogP contribution in [0, 0.1) is 11.3 Å². The van der Waals surface area contributed by atoms with Gasteiger partial charge in [0.1, 0.15) is 11.3 Å². The van der Waals surface area contributed by atoms with Crippen LogP contribution in [0.2, 0.25) is 0 Å². The third kappa shape index (κ3) is 2.31. The lowest BCUT2D eigenvalue weighted by atomic mass is 10.0. The highest BCUT2D eigenvalue weighted by atomic mass is 16.5. The second-order valence-electron chi connectivity index (χ2n) is 3.21. The number of carbonyl (C=O) groups is 1. The first-order valence-electron chi connectivity index (χ1n) is 5.07. The topological polar surface area (TPSA) is 70.3 Å². The molecule has 0 heterocycles. The second-order valence-corrected chi connectivity index (χ2v) is 3.21. The van der Waals surface area contributed by atoms with Crippen molar-refractivity contribution in [3.05, 3.63) is 28.8 Å². The van der Waals surface area contributed by atoms with Crippen LogP contribution >= 0.6 is 0 Å². The number of aryl methyl sites for hydroxylation is 1. The standard InChI is InChI=1S/C12H13NO3/c1-3-8-6-11(14)10(5-9(8)7-13)12(15)16-4-2/h5-6,14H,3-4H2,1-2H3. The molecule has 0 fully saturated rings. The van der Waals surface area contributed by atoms with Gasteiger partial charge in [0.05, 0.1) is 18.2 Å². The van der Waals surface area contributed by atoms with Crippen molar-refractivity contribution in [2.45, 2.75) is 20.3 Å². The number of carbonyl (C=O) groups excluding carboxylic acids is 1. The van der Waals surface area contributed by atoms with Crippen molar-refractivity contribution in [1.29, 1.82) is 5.26 Å². The monoisotopic (exact) mass is 219 g/mol. The molecule has 0 aliphatic rings. The first-order chi connectivity index (χ1) is 7.63. The van der Waals surface area contributed by atoms with Gasteiger partial charge in [-0.15, -0.1) is 0 Å². The van der Waals surface area contributed by atoms with Gasteiger partial charge in [0.25, 0.3) is 0 Å². The highest BCUT2D eigenvalue weighted by molar-refractivity contribution is 5.93. The highest BCUT2D eigenvalue weighted by Crippen LogP contribution is 2.23. The Kier molecular flexibility index (Phi) is 3.90. The summed E-state index contributed by atoms with van der Waals surface area (Å²) >= 11 is 0. The molecule has 0 aliphatic heterocycles. The van der Waals surface area contributed by atoms with Crippen molar-refractivity contribution in [2.75, 3.05) is 6.61 Å². The van der Waals surface area contributed by atoms with E-state index in [1.807, 2.05) is 13.0 Å². The average Bonchev–Trinajstić information content (AvgIpc) is 2.28. The molecule has 0 atom stereocenters. The van der Waals surface area contributed by atoms with Gasteiger partial charge in [-0.2, -0.15) is 5.26 Å². The Morgan fingerprint density at radius 2 is 2.19 bits per heavy atom. The number of phenolic OH excluding ortho intramolecular Hbond substituents is 1. The lowest BCUT2D eigenvalue weighted by Gasteiger charge is -2.07. The lowest BCUT2D eigenvalue weighted by Crippen LogP contribution is -2.06. The molecule has 1 aromatic rings. The Morgan fingerprint density at radius 1 is 1.50 bits per heavy atom. The molecule has 0 saturated carbocycles. The van der Waals surface area contributed by atoms with E-state index in [2.05, 4.69) is 0 Å². The molecule has 4 heteroatoms. The maximum absolute atomic E-state index is 11.4. The van der Waals surface area contributed by atoms with Gasteiger partial charge >= 0.3 is 5.97 Å². The third-order valence-corrected chi connectivity index (χ3v) is 2.22. The number of nitrogens with zero attached hydrogens (tertiary/aromatic N) is 1. The number of hydrogen-bond acceptors (Lipinski definition) is 4. The van der Waals surface area contributed by atoms with E-state index in [4.69, 9.17) is 10.00 Å². The average molecular weight is 219 g/mol. The van der Waals surface area contributed by atoms with Crippen molar-refractivity contribution in [3.8, 4) is 11.8 Å². The molecule has 0 amide bonds. The van der Waals surface area contributed by atoms with E-state index >= 15 is 0 Å². The molecule has 0 radical (unpaired) electrons. The van der Waals surface area contributed by atoms with Crippen LogP contribution in [0.1, 0.15) is 35.3 Å². The predicted octanol–water partition coefficient (Wildman–Crippen LogP) is 2.00. The highest BCUT2D eigenvalue weighted by Gasteiger charge is 2.15. The van der Waals surface area contributed by atoms with Gasteiger partial charge in [-0.05, 0) is 31.0 Å². The minimum Gasteiger partial charge on any atom is -0.507 e. The molecule has 1 N–H and O–H groups in total. The van der Waals surface area contributed by atoms with Gasteiger partial charge in [-0.1, -0.05) is 6.92 Å². The Hall–Kier alpha value is -2.02. The fourth-order valence-corrected chi connectivity index (χ4v) is 1.40. The summed E-state index contributed by atoms with van der Waals surface area (Å²) in [6, 6.07) is 4.79. The Bertz CT molecular complexity index is 446. The Morgan fingerprint density at radius 3 is 2.69 bits per heavy atom. The lowest BCUT2D eigenvalue weighted by molar-refractivity contribution is 0.0523. The van der Waals surface area contributed by atoms with Crippen LogP contribution in [0.4, 0.5) is 0 Å². The molecule has 0 aliphatic carbocycles. The number of nitriles is 1. The molecule has 1 rings (SSSR count). The van der Waals surface area contributed by atoms with E-state index < -0.39 is 5.97 Å². The summed E-state index contributed by atoms with van der Waals surface area (Å²) in [5.74, 6) is -0.756. The Labute approximate surface area is 94.1 Å². The van der Waals surface area contributed by atoms with Crippen LogP contribution in [-0.4, -0.2) is 17.7 Å². The largest absolute Gasteiger partial charge is 0.507 e. The fraction of sp³-hybridized carbons (Fsp3) is 0.333. The molecule has 4 nitrogen and oxygen atoms in total. The zero-order valence-electron chi connectivity index (χ0n) is 9.28. The van der Waals surface area contributed by atoms with Crippen LogP contribution < -0.4 is 0 Å². The van der Waals surface area contributed by atoms with Crippen LogP contribution in [0.15, 0.2) is 12.1 Å². The van der Waals surface area contributed by atoms with Crippen molar-refractivity contribution in [1.82, 2.24) is 0 Å². The molecule has 0 bridgehead atoms. The maximum atomic E-state index is 11.4. The molecule has 0 unspecified atom stereocenters. The van der Waals surface area contributed by atoms with Crippen molar-refractivity contribution < 1.29 is 14.6 Å². The molecular formula is C12H13NO3. The first kappa shape index (κ1) is 12.1. The van der Waals surface area contributed by atoms with E-state index in [1.165, 1.54) is 12.1 Å². The van der Waals surface area contributed by atoms with Crippen molar-refractivity contribution in [2.24, 2.45) is 0 Å². The zero-order valence-corrected chi connectivity index (χ0v) is 9.28. The van der Waals surface area contributed by atoms with Crippen molar-refractivity contribution >= 4 is 5.97 Å². The number of phenols is 1. The number of hydrogen-bond donors (Lipinski definition) is 1. The summed E-state index contributed by atoms with van der Waals surface area (Å²) in [7, 11) is 0. The minimum atomic E-state index is -0.612. The SMILES string of the molecule is CCOC(=O)c1cc(C#N)c(CC)cc1O. The molecule has 1 aromatic carbocycles. The van der Waals surface area contributed by atoms with E-state index in [0.29, 0.717) is 17.5 Å². The van der Waals surface area contributed by atoms with Gasteiger partial charge in [0.2, 0.25) is 0 Å². The van der Waals surface area contributed by atoms with Crippen LogP contribution in [0.5, 0.6) is 5.75 Å². The molecule has 0 spiro atoms. The smallest absolute Gasteiger partial charge is 0.341 e. The van der Waals surface area contributed by atoms with E-state index in [0.717, 1.165) is 0 Å². The van der Waals surface area contributed by atoms with Gasteiger partial charge < -0.3 is 9.84 Å². The first-order valence-corrected chi connectivity index (χ1v) is 5.07. The van der Waals surface area contributed by atoms with Crippen LogP contribution in [-0.2, 0) is 11.2 Å². The Balaban J connectivity index is 3.22. The van der Waals surface area contributed by atoms with E-state index in [-0.39, 0.29) is 17.9 Å². The van der Waals surface area contributed by atoms with E-state index in [1.54, 1.807) is 6.92 Å². The predicted molar refractivity (Wildman–Crippen MR) is 58.2 cm³/mol. The summed E-state index contributed by atoms with van der Waals surface area (Å²) < 4.78 is 4.77. The molecule has 84 valence electrons. The minimum absolute atomic E-state index is 0.0376. The van der Waals surface area contributed by atoms with E-state index in [9.17, 15) is 9.90 Å².